The van der Waals surface area contributed by atoms with E-state index in [4.69, 9.17) is 15.8 Å². The lowest BCUT2D eigenvalue weighted by Gasteiger charge is -2.11. The van der Waals surface area contributed by atoms with Crippen molar-refractivity contribution < 1.29 is 30.6 Å². The van der Waals surface area contributed by atoms with Crippen LogP contribution in [0.5, 0.6) is 5.75 Å². The molecule has 0 heterocycles. The van der Waals surface area contributed by atoms with Crippen LogP contribution < -0.4 is 9.61 Å². The van der Waals surface area contributed by atoms with Crippen LogP contribution >= 0.6 is 11.6 Å². The topological polar surface area (TPSA) is 84.8 Å². The highest BCUT2D eigenvalue weighted by atomic mass is 35.5. The molecule has 32 heavy (non-hydrogen) atoms. The first-order valence-electron chi connectivity index (χ1n) is 8.86. The number of hydrazone groups is 1. The van der Waals surface area contributed by atoms with Gasteiger partial charge in [-0.15, -0.1) is 0 Å². The first-order valence-corrected chi connectivity index (χ1v) is 10.7. The molecule has 1 amide bonds. The van der Waals surface area contributed by atoms with Crippen LogP contribution in [0.2, 0.25) is 5.02 Å². The van der Waals surface area contributed by atoms with E-state index in [1.807, 2.05) is 0 Å². The third-order valence-electron chi connectivity index (χ3n) is 4.08. The van der Waals surface area contributed by atoms with Gasteiger partial charge in [-0.1, -0.05) is 35.9 Å². The van der Waals surface area contributed by atoms with Gasteiger partial charge in [0.2, 0.25) is 0 Å². The van der Waals surface area contributed by atoms with Crippen LogP contribution in [-0.2, 0) is 16.3 Å². The molecule has 0 saturated carbocycles. The highest BCUT2D eigenvalue weighted by Crippen LogP contribution is 2.30. The number of para-hydroxylation sites is 1. The number of hydrogen-bond acceptors (Lipinski definition) is 5. The largest absolute Gasteiger partial charge is 0.416 e. The minimum absolute atomic E-state index is 0.136. The van der Waals surface area contributed by atoms with Gasteiger partial charge >= 0.3 is 16.3 Å². The standard InChI is InChI=1S/C21H14ClF3N2O4S/c22-18-7-3-2-6-17(18)20(28)27-26-13-14-5-1-4-8-19(14)31-32(29,30)16-11-9-15(10-12-16)21(23,24)25/h1-13H,(H,27,28)/b26-13+. The Morgan fingerprint density at radius 2 is 1.59 bits per heavy atom. The Morgan fingerprint density at radius 1 is 0.969 bits per heavy atom. The Hall–Kier alpha value is -3.37. The SMILES string of the molecule is O=C(N/N=C/c1ccccc1OS(=O)(=O)c1ccc(C(F)(F)F)cc1)c1ccccc1Cl. The Bertz CT molecular complexity index is 1260. The first kappa shape index (κ1) is 23.3. The van der Waals surface area contributed by atoms with Crippen LogP contribution in [-0.4, -0.2) is 20.5 Å². The molecule has 166 valence electrons. The maximum Gasteiger partial charge on any atom is 0.416 e. The summed E-state index contributed by atoms with van der Waals surface area (Å²) in [6, 6.07) is 15.1. The molecule has 6 nitrogen and oxygen atoms in total. The van der Waals surface area contributed by atoms with Crippen molar-refractivity contribution in [1.29, 1.82) is 0 Å². The number of amides is 1. The average Bonchev–Trinajstić information content (AvgIpc) is 2.74. The lowest BCUT2D eigenvalue weighted by Crippen LogP contribution is -2.18. The fourth-order valence-electron chi connectivity index (χ4n) is 2.51. The van der Waals surface area contributed by atoms with Gasteiger partial charge in [0.05, 0.1) is 22.4 Å². The lowest BCUT2D eigenvalue weighted by molar-refractivity contribution is -0.137. The first-order chi connectivity index (χ1) is 15.1. The highest BCUT2D eigenvalue weighted by molar-refractivity contribution is 7.87. The summed E-state index contributed by atoms with van der Waals surface area (Å²) < 4.78 is 68.1. The van der Waals surface area contributed by atoms with Crippen LogP contribution in [0.25, 0.3) is 0 Å². The predicted octanol–water partition coefficient (Wildman–Crippen LogP) is 4.89. The summed E-state index contributed by atoms with van der Waals surface area (Å²) >= 11 is 5.94. The number of carbonyl (C=O) groups excluding carboxylic acids is 1. The Labute approximate surface area is 186 Å². The molecule has 0 radical (unpaired) electrons. The summed E-state index contributed by atoms with van der Waals surface area (Å²) in [6.45, 7) is 0. The van der Waals surface area contributed by atoms with E-state index >= 15 is 0 Å². The van der Waals surface area contributed by atoms with Crippen molar-refractivity contribution in [2.45, 2.75) is 11.1 Å². The van der Waals surface area contributed by atoms with Crippen molar-refractivity contribution in [2.75, 3.05) is 0 Å². The molecule has 3 aromatic rings. The van der Waals surface area contributed by atoms with Crippen LogP contribution in [0.1, 0.15) is 21.5 Å². The zero-order valence-corrected chi connectivity index (χ0v) is 17.6. The van der Waals surface area contributed by atoms with Gasteiger partial charge in [-0.2, -0.15) is 26.7 Å². The van der Waals surface area contributed by atoms with Crippen molar-refractivity contribution in [2.24, 2.45) is 5.10 Å². The fourth-order valence-corrected chi connectivity index (χ4v) is 3.68. The summed E-state index contributed by atoms with van der Waals surface area (Å²) in [6.07, 6.45) is -3.44. The number of benzene rings is 3. The number of nitrogens with zero attached hydrogens (tertiary/aromatic N) is 1. The molecule has 0 unspecified atom stereocenters. The molecule has 11 heteroatoms. The molecule has 0 aromatic heterocycles. The van der Waals surface area contributed by atoms with E-state index in [2.05, 4.69) is 10.5 Å². The molecule has 0 aliphatic carbocycles. The average molecular weight is 483 g/mol. The third-order valence-corrected chi connectivity index (χ3v) is 5.66. The number of alkyl halides is 3. The van der Waals surface area contributed by atoms with Crippen molar-refractivity contribution >= 4 is 33.8 Å². The quantitative estimate of drug-likeness (QED) is 0.308. The van der Waals surface area contributed by atoms with Crippen LogP contribution in [0.4, 0.5) is 13.2 Å². The second kappa shape index (κ2) is 9.41. The summed E-state index contributed by atoms with van der Waals surface area (Å²) in [5.74, 6) is -0.717. The molecule has 3 aromatic carbocycles. The Kier molecular flexibility index (Phi) is 6.85. The number of carbonyl (C=O) groups is 1. The molecule has 0 bridgehead atoms. The minimum Gasteiger partial charge on any atom is -0.378 e. The van der Waals surface area contributed by atoms with Crippen LogP contribution in [0.15, 0.2) is 82.8 Å². The highest BCUT2D eigenvalue weighted by Gasteiger charge is 2.31. The monoisotopic (exact) mass is 482 g/mol. The zero-order valence-electron chi connectivity index (χ0n) is 16.0. The molecular formula is C21H14ClF3N2O4S. The van der Waals surface area contributed by atoms with Gasteiger partial charge in [-0.05, 0) is 48.5 Å². The number of halogens is 4. The second-order valence-electron chi connectivity index (χ2n) is 6.28. The minimum atomic E-state index is -4.60. The van der Waals surface area contributed by atoms with E-state index in [0.717, 1.165) is 18.3 Å². The van der Waals surface area contributed by atoms with E-state index in [9.17, 15) is 26.4 Å². The predicted molar refractivity (Wildman–Crippen MR) is 112 cm³/mol. The van der Waals surface area contributed by atoms with E-state index in [0.29, 0.717) is 12.1 Å². The van der Waals surface area contributed by atoms with E-state index < -0.39 is 32.7 Å². The molecule has 0 aliphatic heterocycles. The van der Waals surface area contributed by atoms with Crippen LogP contribution in [0, 0.1) is 0 Å². The van der Waals surface area contributed by atoms with Gasteiger partial charge in [0.15, 0.2) is 5.75 Å². The molecule has 3 rings (SSSR count). The van der Waals surface area contributed by atoms with Gasteiger partial charge in [0.1, 0.15) is 4.90 Å². The van der Waals surface area contributed by atoms with Gasteiger partial charge in [0.25, 0.3) is 5.91 Å². The maximum absolute atomic E-state index is 12.7. The normalized spacial score (nSPS) is 12.0. The van der Waals surface area contributed by atoms with Crippen molar-refractivity contribution in [1.82, 2.24) is 5.43 Å². The van der Waals surface area contributed by atoms with Gasteiger partial charge in [0, 0.05) is 5.56 Å². The van der Waals surface area contributed by atoms with Crippen molar-refractivity contribution in [3.63, 3.8) is 0 Å². The molecule has 0 spiro atoms. The van der Waals surface area contributed by atoms with Crippen LogP contribution in [0.3, 0.4) is 0 Å². The summed E-state index contributed by atoms with van der Waals surface area (Å²) in [5.41, 5.74) is 1.67. The Balaban J connectivity index is 1.77. The number of nitrogens with one attached hydrogen (secondary N) is 1. The molecule has 0 atom stereocenters. The van der Waals surface area contributed by atoms with Gasteiger partial charge < -0.3 is 4.18 Å². The maximum atomic E-state index is 12.7. The van der Waals surface area contributed by atoms with Gasteiger partial charge in [-0.25, -0.2) is 5.43 Å². The second-order valence-corrected chi connectivity index (χ2v) is 8.23. The van der Waals surface area contributed by atoms with E-state index in [1.165, 1.54) is 30.3 Å². The number of hydrogen-bond donors (Lipinski definition) is 1. The third kappa shape index (κ3) is 5.65. The zero-order chi connectivity index (χ0) is 23.4. The van der Waals surface area contributed by atoms with E-state index in [1.54, 1.807) is 18.2 Å². The van der Waals surface area contributed by atoms with Crippen molar-refractivity contribution in [3.8, 4) is 5.75 Å². The molecule has 0 aliphatic rings. The lowest BCUT2D eigenvalue weighted by atomic mass is 10.2. The summed E-state index contributed by atoms with van der Waals surface area (Å²) in [4.78, 5) is 11.7. The fraction of sp³-hybridized carbons (Fsp3) is 0.0476. The summed E-state index contributed by atoms with van der Waals surface area (Å²) in [5, 5.41) is 4.01. The number of rotatable bonds is 6. The molecule has 0 saturated heterocycles. The summed E-state index contributed by atoms with van der Waals surface area (Å²) in [7, 11) is -4.42. The Morgan fingerprint density at radius 3 is 2.25 bits per heavy atom. The van der Waals surface area contributed by atoms with Gasteiger partial charge in [-0.3, -0.25) is 4.79 Å². The van der Waals surface area contributed by atoms with E-state index in [-0.39, 0.29) is 21.9 Å². The molecule has 1 N–H and O–H groups in total. The van der Waals surface area contributed by atoms with Crippen molar-refractivity contribution in [3.05, 3.63) is 94.5 Å². The molecular weight excluding hydrogens is 469 g/mol. The molecule has 0 fully saturated rings. The smallest absolute Gasteiger partial charge is 0.378 e.